The van der Waals surface area contributed by atoms with E-state index in [1.54, 1.807) is 12.3 Å². The Labute approximate surface area is 142 Å². The topological polar surface area (TPSA) is 49.8 Å². The standard InChI is InChI=1S/C17H13ClF2N4/c18-13-4-2-1-3-11(13)10-22-16-7-8-21-17(24-16)23-12-5-6-14(19)15(20)9-12/h1-9H,10H2,(H2,21,22,23,24). The molecule has 0 bridgehead atoms. The number of aromatic nitrogens is 2. The van der Waals surface area contributed by atoms with Gasteiger partial charge < -0.3 is 10.6 Å². The second-order valence-electron chi connectivity index (χ2n) is 4.96. The molecule has 0 saturated heterocycles. The van der Waals surface area contributed by atoms with Gasteiger partial charge in [-0.2, -0.15) is 4.98 Å². The summed E-state index contributed by atoms with van der Waals surface area (Å²) in [6.07, 6.45) is 1.56. The van der Waals surface area contributed by atoms with Crippen molar-refractivity contribution in [3.05, 3.63) is 76.9 Å². The molecule has 0 radical (unpaired) electrons. The molecular formula is C17H13ClF2N4. The third-order valence-corrected chi connectivity index (χ3v) is 3.62. The van der Waals surface area contributed by atoms with Crippen LogP contribution in [-0.2, 0) is 6.54 Å². The molecule has 0 fully saturated rings. The number of nitrogens with one attached hydrogen (secondary N) is 2. The van der Waals surface area contributed by atoms with Gasteiger partial charge in [0.2, 0.25) is 5.95 Å². The van der Waals surface area contributed by atoms with E-state index in [9.17, 15) is 8.78 Å². The fourth-order valence-corrected chi connectivity index (χ4v) is 2.25. The van der Waals surface area contributed by atoms with Crippen LogP contribution in [0.2, 0.25) is 5.02 Å². The maximum atomic E-state index is 13.2. The Morgan fingerprint density at radius 3 is 2.62 bits per heavy atom. The van der Waals surface area contributed by atoms with Crippen molar-refractivity contribution in [3.63, 3.8) is 0 Å². The SMILES string of the molecule is Fc1ccc(Nc2nccc(NCc3ccccc3Cl)n2)cc1F. The molecule has 2 aromatic carbocycles. The van der Waals surface area contributed by atoms with Crippen molar-refractivity contribution >= 4 is 29.1 Å². The van der Waals surface area contributed by atoms with Crippen LogP contribution in [0.5, 0.6) is 0 Å². The molecule has 0 aliphatic rings. The van der Waals surface area contributed by atoms with Crippen LogP contribution in [0.1, 0.15) is 5.56 Å². The van der Waals surface area contributed by atoms with Gasteiger partial charge >= 0.3 is 0 Å². The number of nitrogens with zero attached hydrogens (tertiary/aromatic N) is 2. The lowest BCUT2D eigenvalue weighted by molar-refractivity contribution is 0.509. The summed E-state index contributed by atoms with van der Waals surface area (Å²) in [6, 6.07) is 12.7. The minimum absolute atomic E-state index is 0.269. The maximum absolute atomic E-state index is 13.2. The molecular weight excluding hydrogens is 334 g/mol. The number of rotatable bonds is 5. The lowest BCUT2D eigenvalue weighted by Gasteiger charge is -2.09. The smallest absolute Gasteiger partial charge is 0.229 e. The number of halogens is 3. The third kappa shape index (κ3) is 3.97. The fraction of sp³-hybridized carbons (Fsp3) is 0.0588. The van der Waals surface area contributed by atoms with E-state index in [1.165, 1.54) is 6.07 Å². The number of hydrogen-bond donors (Lipinski definition) is 2. The Bertz CT molecular complexity index is 857. The molecule has 0 amide bonds. The van der Waals surface area contributed by atoms with Crippen LogP contribution in [-0.4, -0.2) is 9.97 Å². The van der Waals surface area contributed by atoms with E-state index in [-0.39, 0.29) is 5.95 Å². The summed E-state index contributed by atoms with van der Waals surface area (Å²) in [5.41, 5.74) is 1.30. The molecule has 7 heteroatoms. The van der Waals surface area contributed by atoms with E-state index in [0.29, 0.717) is 23.1 Å². The van der Waals surface area contributed by atoms with Crippen LogP contribution >= 0.6 is 11.6 Å². The highest BCUT2D eigenvalue weighted by Gasteiger charge is 2.05. The van der Waals surface area contributed by atoms with Gasteiger partial charge in [-0.3, -0.25) is 0 Å². The van der Waals surface area contributed by atoms with Gasteiger partial charge in [-0.1, -0.05) is 29.8 Å². The van der Waals surface area contributed by atoms with E-state index in [1.807, 2.05) is 24.3 Å². The lowest BCUT2D eigenvalue weighted by Crippen LogP contribution is -2.04. The number of hydrogen-bond acceptors (Lipinski definition) is 4. The van der Waals surface area contributed by atoms with Crippen LogP contribution in [0, 0.1) is 11.6 Å². The second-order valence-corrected chi connectivity index (χ2v) is 5.37. The molecule has 0 spiro atoms. The van der Waals surface area contributed by atoms with E-state index in [4.69, 9.17) is 11.6 Å². The second kappa shape index (κ2) is 7.23. The van der Waals surface area contributed by atoms with Crippen LogP contribution in [0.15, 0.2) is 54.7 Å². The molecule has 3 aromatic rings. The maximum Gasteiger partial charge on any atom is 0.229 e. The third-order valence-electron chi connectivity index (χ3n) is 3.25. The van der Waals surface area contributed by atoms with Crippen molar-refractivity contribution in [1.82, 2.24) is 9.97 Å². The van der Waals surface area contributed by atoms with Crippen LogP contribution in [0.4, 0.5) is 26.2 Å². The summed E-state index contributed by atoms with van der Waals surface area (Å²) >= 11 is 6.11. The summed E-state index contributed by atoms with van der Waals surface area (Å²) in [7, 11) is 0. The van der Waals surface area contributed by atoms with Crippen LogP contribution < -0.4 is 10.6 Å². The molecule has 3 rings (SSSR count). The summed E-state index contributed by atoms with van der Waals surface area (Å²) in [5, 5.41) is 6.63. The largest absolute Gasteiger partial charge is 0.366 e. The van der Waals surface area contributed by atoms with E-state index >= 15 is 0 Å². The van der Waals surface area contributed by atoms with Gasteiger partial charge in [0.25, 0.3) is 0 Å². The number of anilines is 3. The summed E-state index contributed by atoms with van der Waals surface area (Å²) in [4.78, 5) is 8.33. The zero-order chi connectivity index (χ0) is 16.9. The normalized spacial score (nSPS) is 10.5. The highest BCUT2D eigenvalue weighted by Crippen LogP contribution is 2.19. The Hall–Kier alpha value is -2.73. The summed E-state index contributed by atoms with van der Waals surface area (Å²) < 4.78 is 26.2. The first-order valence-electron chi connectivity index (χ1n) is 7.14. The molecule has 0 atom stereocenters. The quantitative estimate of drug-likeness (QED) is 0.699. The predicted molar refractivity (Wildman–Crippen MR) is 90.5 cm³/mol. The number of benzene rings is 2. The minimum atomic E-state index is -0.937. The monoisotopic (exact) mass is 346 g/mol. The van der Waals surface area contributed by atoms with Crippen molar-refractivity contribution in [1.29, 1.82) is 0 Å². The van der Waals surface area contributed by atoms with Gasteiger partial charge in [0.05, 0.1) is 0 Å². The van der Waals surface area contributed by atoms with E-state index < -0.39 is 11.6 Å². The predicted octanol–water partition coefficient (Wildman–Crippen LogP) is 4.76. The first kappa shape index (κ1) is 16.1. The first-order chi connectivity index (χ1) is 11.6. The van der Waals surface area contributed by atoms with Gasteiger partial charge in [-0.25, -0.2) is 13.8 Å². The van der Waals surface area contributed by atoms with Crippen LogP contribution in [0.25, 0.3) is 0 Å². The Kier molecular flexibility index (Phi) is 4.86. The van der Waals surface area contributed by atoms with Crippen molar-refractivity contribution < 1.29 is 8.78 Å². The van der Waals surface area contributed by atoms with Gasteiger partial charge in [-0.15, -0.1) is 0 Å². The van der Waals surface area contributed by atoms with Gasteiger partial charge in [0, 0.05) is 29.5 Å². The minimum Gasteiger partial charge on any atom is -0.366 e. The highest BCUT2D eigenvalue weighted by molar-refractivity contribution is 6.31. The van der Waals surface area contributed by atoms with Crippen molar-refractivity contribution in [2.75, 3.05) is 10.6 Å². The molecule has 0 aliphatic heterocycles. The van der Waals surface area contributed by atoms with Crippen molar-refractivity contribution in [3.8, 4) is 0 Å². The average molecular weight is 347 g/mol. The molecule has 122 valence electrons. The highest BCUT2D eigenvalue weighted by atomic mass is 35.5. The molecule has 4 nitrogen and oxygen atoms in total. The summed E-state index contributed by atoms with van der Waals surface area (Å²) in [5.74, 6) is -0.996. The van der Waals surface area contributed by atoms with E-state index in [0.717, 1.165) is 17.7 Å². The molecule has 1 heterocycles. The average Bonchev–Trinajstić information content (AvgIpc) is 2.58. The van der Waals surface area contributed by atoms with Crippen molar-refractivity contribution in [2.45, 2.75) is 6.54 Å². The molecule has 24 heavy (non-hydrogen) atoms. The Morgan fingerprint density at radius 2 is 1.83 bits per heavy atom. The molecule has 0 saturated carbocycles. The zero-order valence-corrected chi connectivity index (χ0v) is 13.2. The van der Waals surface area contributed by atoms with Crippen LogP contribution in [0.3, 0.4) is 0 Å². The zero-order valence-electron chi connectivity index (χ0n) is 12.4. The van der Waals surface area contributed by atoms with Gasteiger partial charge in [0.15, 0.2) is 11.6 Å². The molecule has 2 N–H and O–H groups in total. The Morgan fingerprint density at radius 1 is 1.00 bits per heavy atom. The molecule has 1 aromatic heterocycles. The summed E-state index contributed by atoms with van der Waals surface area (Å²) in [6.45, 7) is 0.501. The fourth-order valence-electron chi connectivity index (χ4n) is 2.05. The van der Waals surface area contributed by atoms with Gasteiger partial charge in [-0.05, 0) is 29.8 Å². The lowest BCUT2D eigenvalue weighted by atomic mass is 10.2. The first-order valence-corrected chi connectivity index (χ1v) is 7.52. The van der Waals surface area contributed by atoms with Crippen molar-refractivity contribution in [2.24, 2.45) is 0 Å². The Balaban J connectivity index is 1.69. The molecule has 0 aliphatic carbocycles. The molecule has 0 unspecified atom stereocenters. The van der Waals surface area contributed by atoms with Gasteiger partial charge in [0.1, 0.15) is 5.82 Å². The van der Waals surface area contributed by atoms with E-state index in [2.05, 4.69) is 20.6 Å².